The fraction of sp³-hybridized carbons (Fsp3) is 0.571. The highest BCUT2D eigenvalue weighted by atomic mass is 32.2. The molecule has 2 rings (SSSR count). The lowest BCUT2D eigenvalue weighted by atomic mass is 10.0. The highest BCUT2D eigenvalue weighted by Crippen LogP contribution is 2.34. The summed E-state index contributed by atoms with van der Waals surface area (Å²) in [6.07, 6.45) is -0.543. The van der Waals surface area contributed by atoms with Crippen LogP contribution in [-0.4, -0.2) is 55.4 Å². The van der Waals surface area contributed by atoms with Gasteiger partial charge in [0, 0.05) is 35.7 Å². The lowest BCUT2D eigenvalue weighted by Gasteiger charge is -2.35. The number of hydrogen-bond donors (Lipinski definition) is 1. The molecule has 19 heavy (non-hydrogen) atoms. The zero-order valence-electron chi connectivity index (χ0n) is 11.6. The number of aliphatic hydroxyl groups is 1. The number of methoxy groups -OCH3 is 2. The second-order valence-corrected chi connectivity index (χ2v) is 5.83. The number of ether oxygens (including phenoxy) is 2. The maximum absolute atomic E-state index is 10.6. The molecule has 1 fully saturated rings. The maximum atomic E-state index is 10.6. The van der Waals surface area contributed by atoms with Crippen LogP contribution in [0.4, 0.5) is 0 Å². The Bertz CT molecular complexity index is 427. The van der Waals surface area contributed by atoms with Gasteiger partial charge in [-0.3, -0.25) is 4.90 Å². The fourth-order valence-corrected chi connectivity index (χ4v) is 3.57. The van der Waals surface area contributed by atoms with Crippen molar-refractivity contribution < 1.29 is 14.6 Å². The lowest BCUT2D eigenvalue weighted by Crippen LogP contribution is -2.43. The van der Waals surface area contributed by atoms with E-state index in [1.165, 1.54) is 0 Å². The Morgan fingerprint density at radius 1 is 1.37 bits per heavy atom. The molecule has 0 saturated carbocycles. The molecule has 1 aromatic carbocycles. The van der Waals surface area contributed by atoms with E-state index in [-0.39, 0.29) is 6.04 Å². The lowest BCUT2D eigenvalue weighted by molar-refractivity contribution is 0.0738. The fourth-order valence-electron chi connectivity index (χ4n) is 2.31. The molecule has 0 aliphatic carbocycles. The van der Waals surface area contributed by atoms with E-state index < -0.39 is 6.10 Å². The number of nitrogens with zero attached hydrogens (tertiary/aromatic N) is 1. The minimum atomic E-state index is -0.543. The summed E-state index contributed by atoms with van der Waals surface area (Å²) in [6, 6.07) is 5.68. The molecular weight excluding hydrogens is 262 g/mol. The first-order chi connectivity index (χ1) is 9.17. The van der Waals surface area contributed by atoms with Crippen LogP contribution in [0.5, 0.6) is 11.5 Å². The molecule has 4 nitrogen and oxygen atoms in total. The van der Waals surface area contributed by atoms with Crippen LogP contribution in [0, 0.1) is 0 Å². The van der Waals surface area contributed by atoms with E-state index >= 15 is 0 Å². The van der Waals surface area contributed by atoms with Crippen molar-refractivity contribution in [1.29, 1.82) is 0 Å². The van der Waals surface area contributed by atoms with Gasteiger partial charge in [0.1, 0.15) is 11.5 Å². The largest absolute Gasteiger partial charge is 0.497 e. The van der Waals surface area contributed by atoms with Crippen LogP contribution >= 0.6 is 11.8 Å². The quantitative estimate of drug-likeness (QED) is 0.912. The first-order valence-corrected chi connectivity index (χ1v) is 7.50. The van der Waals surface area contributed by atoms with Crippen LogP contribution in [0.15, 0.2) is 18.2 Å². The Kier molecular flexibility index (Phi) is 4.96. The minimum absolute atomic E-state index is 0.126. The molecule has 1 aromatic rings. The molecule has 0 amide bonds. The Balaban J connectivity index is 2.24. The van der Waals surface area contributed by atoms with E-state index in [1.54, 1.807) is 14.2 Å². The predicted molar refractivity (Wildman–Crippen MR) is 78.2 cm³/mol. The van der Waals surface area contributed by atoms with Crippen molar-refractivity contribution in [1.82, 2.24) is 4.90 Å². The summed E-state index contributed by atoms with van der Waals surface area (Å²) < 4.78 is 10.6. The average Bonchev–Trinajstić information content (AvgIpc) is 2.46. The Labute approximate surface area is 118 Å². The van der Waals surface area contributed by atoms with Crippen molar-refractivity contribution in [3.05, 3.63) is 23.8 Å². The van der Waals surface area contributed by atoms with Crippen LogP contribution < -0.4 is 9.47 Å². The van der Waals surface area contributed by atoms with Crippen molar-refractivity contribution in [2.45, 2.75) is 12.1 Å². The van der Waals surface area contributed by atoms with Crippen LogP contribution in [-0.2, 0) is 0 Å². The molecule has 2 unspecified atom stereocenters. The van der Waals surface area contributed by atoms with Gasteiger partial charge in [0.2, 0.25) is 0 Å². The number of likely N-dealkylation sites (N-methyl/N-ethyl adjacent to an activating group) is 1. The molecular formula is C14H21NO3S. The summed E-state index contributed by atoms with van der Waals surface area (Å²) in [5, 5.41) is 10.6. The third-order valence-corrected chi connectivity index (χ3v) is 4.62. The number of aliphatic hydroxyl groups excluding tert-OH is 1. The normalized spacial score (nSPS) is 22.0. The average molecular weight is 283 g/mol. The van der Waals surface area contributed by atoms with Gasteiger partial charge in [0.25, 0.3) is 0 Å². The molecule has 1 aliphatic rings. The summed E-state index contributed by atoms with van der Waals surface area (Å²) in [5.74, 6) is 3.47. The summed E-state index contributed by atoms with van der Waals surface area (Å²) >= 11 is 1.88. The van der Waals surface area contributed by atoms with Gasteiger partial charge in [-0.05, 0) is 19.2 Å². The molecule has 1 heterocycles. The van der Waals surface area contributed by atoms with E-state index in [2.05, 4.69) is 11.9 Å². The van der Waals surface area contributed by atoms with E-state index in [1.807, 2.05) is 30.0 Å². The number of thioether (sulfide) groups is 1. The van der Waals surface area contributed by atoms with Gasteiger partial charge < -0.3 is 14.6 Å². The Morgan fingerprint density at radius 3 is 2.79 bits per heavy atom. The van der Waals surface area contributed by atoms with E-state index in [0.29, 0.717) is 5.75 Å². The molecule has 0 bridgehead atoms. The standard InChI is InChI=1S/C14H21NO3S/c1-15-6-7-19-9-12(15)14(16)11-5-4-10(17-2)8-13(11)18-3/h4-5,8,12,14,16H,6-7,9H2,1-3H3. The minimum Gasteiger partial charge on any atom is -0.497 e. The van der Waals surface area contributed by atoms with E-state index in [9.17, 15) is 5.11 Å². The topological polar surface area (TPSA) is 41.9 Å². The van der Waals surface area contributed by atoms with Crippen LogP contribution in [0.1, 0.15) is 11.7 Å². The predicted octanol–water partition coefficient (Wildman–Crippen LogP) is 1.78. The smallest absolute Gasteiger partial charge is 0.128 e. The van der Waals surface area contributed by atoms with Crippen molar-refractivity contribution in [2.75, 3.05) is 39.3 Å². The highest BCUT2D eigenvalue weighted by molar-refractivity contribution is 7.99. The van der Waals surface area contributed by atoms with Crippen molar-refractivity contribution in [3.63, 3.8) is 0 Å². The zero-order valence-corrected chi connectivity index (χ0v) is 12.4. The van der Waals surface area contributed by atoms with Gasteiger partial charge in [-0.2, -0.15) is 11.8 Å². The summed E-state index contributed by atoms with van der Waals surface area (Å²) in [5.41, 5.74) is 0.822. The van der Waals surface area contributed by atoms with Gasteiger partial charge in [-0.15, -0.1) is 0 Å². The SMILES string of the molecule is COc1ccc(C(O)C2CSCCN2C)c(OC)c1. The maximum Gasteiger partial charge on any atom is 0.128 e. The molecule has 0 aromatic heterocycles. The number of benzene rings is 1. The first kappa shape index (κ1) is 14.5. The highest BCUT2D eigenvalue weighted by Gasteiger charge is 2.29. The second kappa shape index (κ2) is 6.50. The van der Waals surface area contributed by atoms with Crippen LogP contribution in [0.2, 0.25) is 0 Å². The van der Waals surface area contributed by atoms with E-state index in [4.69, 9.17) is 9.47 Å². The van der Waals surface area contributed by atoms with Crippen LogP contribution in [0.3, 0.4) is 0 Å². The van der Waals surface area contributed by atoms with Gasteiger partial charge >= 0.3 is 0 Å². The molecule has 0 radical (unpaired) electrons. The monoisotopic (exact) mass is 283 g/mol. The van der Waals surface area contributed by atoms with E-state index in [0.717, 1.165) is 29.4 Å². The molecule has 106 valence electrons. The Hall–Kier alpha value is -0.910. The molecule has 1 aliphatic heterocycles. The van der Waals surface area contributed by atoms with Crippen molar-refractivity contribution in [3.8, 4) is 11.5 Å². The summed E-state index contributed by atoms with van der Waals surface area (Å²) in [4.78, 5) is 2.21. The van der Waals surface area contributed by atoms with Crippen molar-refractivity contribution >= 4 is 11.8 Å². The van der Waals surface area contributed by atoms with Crippen molar-refractivity contribution in [2.24, 2.45) is 0 Å². The third-order valence-electron chi connectivity index (χ3n) is 3.57. The van der Waals surface area contributed by atoms with Crippen LogP contribution in [0.25, 0.3) is 0 Å². The first-order valence-electron chi connectivity index (χ1n) is 6.35. The molecule has 1 N–H and O–H groups in total. The van der Waals surface area contributed by atoms with Gasteiger partial charge in [-0.1, -0.05) is 0 Å². The summed E-state index contributed by atoms with van der Waals surface area (Å²) in [6.45, 7) is 1.00. The number of hydrogen-bond acceptors (Lipinski definition) is 5. The number of rotatable bonds is 4. The molecule has 5 heteroatoms. The summed E-state index contributed by atoms with van der Waals surface area (Å²) in [7, 11) is 5.30. The zero-order chi connectivity index (χ0) is 13.8. The molecule has 0 spiro atoms. The van der Waals surface area contributed by atoms with Gasteiger partial charge in [-0.25, -0.2) is 0 Å². The Morgan fingerprint density at radius 2 is 2.16 bits per heavy atom. The van der Waals surface area contributed by atoms with Gasteiger partial charge in [0.05, 0.1) is 20.3 Å². The third kappa shape index (κ3) is 3.16. The molecule has 2 atom stereocenters. The van der Waals surface area contributed by atoms with Gasteiger partial charge in [0.15, 0.2) is 0 Å². The second-order valence-electron chi connectivity index (χ2n) is 4.68. The molecule has 1 saturated heterocycles.